The molecule has 0 bridgehead atoms. The van der Waals surface area contributed by atoms with E-state index in [9.17, 15) is 0 Å². The van der Waals surface area contributed by atoms with Crippen molar-refractivity contribution >= 4 is 0 Å². The van der Waals surface area contributed by atoms with Crippen LogP contribution in [0.2, 0.25) is 0 Å². The van der Waals surface area contributed by atoms with Crippen LogP contribution in [0.5, 0.6) is 0 Å². The zero-order valence-corrected chi connectivity index (χ0v) is 9.45. The van der Waals surface area contributed by atoms with Crippen LogP contribution in [0.15, 0.2) is 0 Å². The normalized spacial score (nSPS) is 23.8. The standard InChI is InChI=1S/C10H23N3/c1-5-12-6-8-13(9-7-12)10(2)11(3)4/h10H,5-9H2,1-4H3. The maximum Gasteiger partial charge on any atom is 0.0589 e. The summed E-state index contributed by atoms with van der Waals surface area (Å²) in [6, 6.07) is 0. The number of hydrogen-bond acceptors (Lipinski definition) is 3. The number of rotatable bonds is 3. The first-order chi connectivity index (χ1) is 6.15. The molecule has 13 heavy (non-hydrogen) atoms. The highest BCUT2D eigenvalue weighted by atomic mass is 15.4. The second kappa shape index (κ2) is 4.94. The monoisotopic (exact) mass is 185 g/mol. The third kappa shape index (κ3) is 2.93. The molecule has 3 nitrogen and oxygen atoms in total. The van der Waals surface area contributed by atoms with E-state index in [1.165, 1.54) is 32.7 Å². The van der Waals surface area contributed by atoms with Crippen LogP contribution in [0, 0.1) is 0 Å². The summed E-state index contributed by atoms with van der Waals surface area (Å²) in [6.07, 6.45) is 0.582. The van der Waals surface area contributed by atoms with Gasteiger partial charge in [-0.15, -0.1) is 0 Å². The Bertz CT molecular complexity index is 139. The summed E-state index contributed by atoms with van der Waals surface area (Å²) >= 11 is 0. The fourth-order valence-electron chi connectivity index (χ4n) is 1.78. The number of likely N-dealkylation sites (N-methyl/N-ethyl adjacent to an activating group) is 1. The van der Waals surface area contributed by atoms with Crippen LogP contribution in [0.4, 0.5) is 0 Å². The summed E-state index contributed by atoms with van der Waals surface area (Å²) in [5.74, 6) is 0. The first-order valence-electron chi connectivity index (χ1n) is 5.28. The first kappa shape index (κ1) is 11.0. The molecule has 1 aliphatic rings. The van der Waals surface area contributed by atoms with Crippen molar-refractivity contribution in [3.05, 3.63) is 0 Å². The van der Waals surface area contributed by atoms with Crippen molar-refractivity contribution in [2.24, 2.45) is 0 Å². The van der Waals surface area contributed by atoms with Gasteiger partial charge in [-0.2, -0.15) is 0 Å². The largest absolute Gasteiger partial charge is 0.301 e. The van der Waals surface area contributed by atoms with E-state index in [4.69, 9.17) is 0 Å². The van der Waals surface area contributed by atoms with Crippen LogP contribution >= 0.6 is 0 Å². The smallest absolute Gasteiger partial charge is 0.0589 e. The van der Waals surface area contributed by atoms with Gasteiger partial charge < -0.3 is 4.90 Å². The van der Waals surface area contributed by atoms with Gasteiger partial charge in [0.25, 0.3) is 0 Å². The zero-order chi connectivity index (χ0) is 9.84. The highest BCUT2D eigenvalue weighted by molar-refractivity contribution is 4.74. The lowest BCUT2D eigenvalue weighted by Crippen LogP contribution is -2.53. The average molecular weight is 185 g/mol. The van der Waals surface area contributed by atoms with Gasteiger partial charge in [0, 0.05) is 26.2 Å². The topological polar surface area (TPSA) is 9.72 Å². The Balaban J connectivity index is 2.32. The second-order valence-electron chi connectivity index (χ2n) is 4.07. The summed E-state index contributed by atoms with van der Waals surface area (Å²) < 4.78 is 0. The molecule has 0 aromatic heterocycles. The molecule has 1 aliphatic heterocycles. The quantitative estimate of drug-likeness (QED) is 0.635. The minimum atomic E-state index is 0.582. The molecule has 0 saturated carbocycles. The van der Waals surface area contributed by atoms with E-state index in [2.05, 4.69) is 42.6 Å². The molecule has 3 heteroatoms. The van der Waals surface area contributed by atoms with E-state index in [1.807, 2.05) is 0 Å². The van der Waals surface area contributed by atoms with E-state index in [-0.39, 0.29) is 0 Å². The first-order valence-corrected chi connectivity index (χ1v) is 5.28. The summed E-state index contributed by atoms with van der Waals surface area (Å²) in [4.78, 5) is 7.34. The average Bonchev–Trinajstić information content (AvgIpc) is 2.17. The van der Waals surface area contributed by atoms with E-state index in [0.29, 0.717) is 6.17 Å². The maximum absolute atomic E-state index is 2.55. The van der Waals surface area contributed by atoms with Crippen molar-refractivity contribution in [2.45, 2.75) is 20.0 Å². The van der Waals surface area contributed by atoms with Gasteiger partial charge >= 0.3 is 0 Å². The minimum Gasteiger partial charge on any atom is -0.301 e. The number of piperazine rings is 1. The minimum absolute atomic E-state index is 0.582. The fourth-order valence-corrected chi connectivity index (χ4v) is 1.78. The molecule has 0 aromatic rings. The van der Waals surface area contributed by atoms with Crippen molar-refractivity contribution in [1.29, 1.82) is 0 Å². The third-order valence-electron chi connectivity index (χ3n) is 3.13. The number of hydrogen-bond donors (Lipinski definition) is 0. The molecule has 1 rings (SSSR count). The van der Waals surface area contributed by atoms with Crippen LogP contribution in [-0.2, 0) is 0 Å². The molecule has 1 unspecified atom stereocenters. The molecule has 1 heterocycles. The predicted molar refractivity (Wildman–Crippen MR) is 56.8 cm³/mol. The molecule has 0 spiro atoms. The van der Waals surface area contributed by atoms with Gasteiger partial charge in [0.05, 0.1) is 6.17 Å². The van der Waals surface area contributed by atoms with Crippen molar-refractivity contribution < 1.29 is 0 Å². The summed E-state index contributed by atoms with van der Waals surface area (Å²) in [6.45, 7) is 10.6. The Hall–Kier alpha value is -0.120. The molecule has 0 amide bonds. The summed E-state index contributed by atoms with van der Waals surface area (Å²) in [5.41, 5.74) is 0. The lowest BCUT2D eigenvalue weighted by molar-refractivity contribution is 0.0436. The highest BCUT2D eigenvalue weighted by Gasteiger charge is 2.20. The Labute approximate surface area is 82.3 Å². The molecule has 0 aliphatic carbocycles. The van der Waals surface area contributed by atoms with Gasteiger partial charge in [-0.25, -0.2) is 0 Å². The second-order valence-corrected chi connectivity index (χ2v) is 4.07. The van der Waals surface area contributed by atoms with Gasteiger partial charge in [0.15, 0.2) is 0 Å². The van der Waals surface area contributed by atoms with E-state index in [0.717, 1.165) is 0 Å². The Morgan fingerprint density at radius 1 is 1.15 bits per heavy atom. The Morgan fingerprint density at radius 3 is 2.08 bits per heavy atom. The predicted octanol–water partition coefficient (Wildman–Crippen LogP) is 0.532. The molecule has 0 aromatic carbocycles. The van der Waals surface area contributed by atoms with Gasteiger partial charge in [-0.05, 0) is 27.6 Å². The van der Waals surface area contributed by atoms with Gasteiger partial charge in [0.1, 0.15) is 0 Å². The van der Waals surface area contributed by atoms with Crippen LogP contribution < -0.4 is 0 Å². The Kier molecular flexibility index (Phi) is 4.16. The summed E-state index contributed by atoms with van der Waals surface area (Å²) in [7, 11) is 4.30. The lowest BCUT2D eigenvalue weighted by atomic mass is 10.3. The van der Waals surface area contributed by atoms with Gasteiger partial charge in [-0.3, -0.25) is 9.80 Å². The SMILES string of the molecule is CCN1CCN(C(C)N(C)C)CC1. The molecule has 78 valence electrons. The molecule has 1 atom stereocenters. The van der Waals surface area contributed by atoms with E-state index < -0.39 is 0 Å². The lowest BCUT2D eigenvalue weighted by Gasteiger charge is -2.39. The molecule has 0 N–H and O–H groups in total. The highest BCUT2D eigenvalue weighted by Crippen LogP contribution is 2.06. The molecule has 1 fully saturated rings. The summed E-state index contributed by atoms with van der Waals surface area (Å²) in [5, 5.41) is 0. The van der Waals surface area contributed by atoms with Gasteiger partial charge in [0.2, 0.25) is 0 Å². The third-order valence-corrected chi connectivity index (χ3v) is 3.13. The van der Waals surface area contributed by atoms with E-state index in [1.54, 1.807) is 0 Å². The van der Waals surface area contributed by atoms with Gasteiger partial charge in [-0.1, -0.05) is 6.92 Å². The zero-order valence-electron chi connectivity index (χ0n) is 9.45. The van der Waals surface area contributed by atoms with Crippen LogP contribution in [0.25, 0.3) is 0 Å². The Morgan fingerprint density at radius 2 is 1.69 bits per heavy atom. The van der Waals surface area contributed by atoms with E-state index >= 15 is 0 Å². The van der Waals surface area contributed by atoms with Crippen molar-refractivity contribution in [2.75, 3.05) is 46.8 Å². The van der Waals surface area contributed by atoms with Crippen molar-refractivity contribution in [3.8, 4) is 0 Å². The molecular weight excluding hydrogens is 162 g/mol. The van der Waals surface area contributed by atoms with Crippen LogP contribution in [-0.4, -0.2) is 67.7 Å². The fraction of sp³-hybridized carbons (Fsp3) is 1.00. The van der Waals surface area contributed by atoms with Crippen LogP contribution in [0.3, 0.4) is 0 Å². The maximum atomic E-state index is 2.55. The van der Waals surface area contributed by atoms with Crippen LogP contribution in [0.1, 0.15) is 13.8 Å². The molecule has 0 radical (unpaired) electrons. The number of nitrogens with zero attached hydrogens (tertiary/aromatic N) is 3. The van der Waals surface area contributed by atoms with Crippen molar-refractivity contribution in [3.63, 3.8) is 0 Å². The molecular formula is C10H23N3. The van der Waals surface area contributed by atoms with Crippen molar-refractivity contribution in [1.82, 2.24) is 14.7 Å². The molecule has 1 saturated heterocycles.